The van der Waals surface area contributed by atoms with Crippen molar-refractivity contribution in [2.45, 2.75) is 6.92 Å². The van der Waals surface area contributed by atoms with Gasteiger partial charge in [-0.1, -0.05) is 149 Å². The maximum absolute atomic E-state index is 14.7. The van der Waals surface area contributed by atoms with Crippen molar-refractivity contribution in [1.82, 2.24) is 139 Å². The lowest BCUT2D eigenvalue weighted by Crippen LogP contribution is -2.52. The van der Waals surface area contributed by atoms with E-state index in [1.54, 1.807) is 44.5 Å². The van der Waals surface area contributed by atoms with Crippen LogP contribution in [0.2, 0.25) is 0 Å². The second-order valence-corrected chi connectivity index (χ2v) is 31.6. The highest BCUT2D eigenvalue weighted by Gasteiger charge is 2.37. The maximum Gasteiger partial charge on any atom is 0.295 e. The Balaban J connectivity index is 0.000000127. The molecule has 4 amide bonds. The van der Waals surface area contributed by atoms with E-state index in [0.717, 1.165) is 58.2 Å². The number of benzene rings is 4. The predicted molar refractivity (Wildman–Crippen MR) is 498 cm³/mol. The molecule has 138 heavy (non-hydrogen) atoms. The molecule has 12 aromatic heterocycles. The molecule has 0 unspecified atom stereocenters. The van der Waals surface area contributed by atoms with Crippen LogP contribution in [-0.2, 0) is 24.0 Å². The van der Waals surface area contributed by atoms with Crippen LogP contribution in [-0.4, -0.2) is 336 Å². The summed E-state index contributed by atoms with van der Waals surface area (Å²) in [5.41, 5.74) is 6.20. The average Bonchev–Trinajstić information content (AvgIpc) is 1.62. The van der Waals surface area contributed by atoms with Gasteiger partial charge in [-0.2, -0.15) is 5.10 Å². The fraction of sp³-hybridized carbons (Fsp3) is 0.223. The molecular formula is C94H88F3N31O10. The minimum Gasteiger partial charge on any atom is -0.494 e. The highest BCUT2D eigenvalue weighted by molar-refractivity contribution is 6.47. The van der Waals surface area contributed by atoms with Crippen LogP contribution >= 0.6 is 0 Å². The fourth-order valence-corrected chi connectivity index (χ4v) is 16.8. The van der Waals surface area contributed by atoms with Gasteiger partial charge < -0.3 is 68.7 Å². The Hall–Kier alpha value is -17.9. The van der Waals surface area contributed by atoms with Gasteiger partial charge in [-0.3, -0.25) is 48.3 Å². The van der Waals surface area contributed by atoms with Crippen molar-refractivity contribution >= 4 is 114 Å². The molecule has 4 aliphatic rings. The molecule has 0 aliphatic carbocycles. The van der Waals surface area contributed by atoms with Crippen molar-refractivity contribution in [3.8, 4) is 29.0 Å². The lowest BCUT2D eigenvalue weighted by Gasteiger charge is -2.36. The van der Waals surface area contributed by atoms with Gasteiger partial charge in [0.15, 0.2) is 46.6 Å². The molecule has 4 N–H and O–H groups in total. The molecule has 0 bridgehead atoms. The number of hydrogen-bond donors (Lipinski definition) is 4. The number of ketones is 4. The Bertz CT molecular complexity index is 7060. The molecule has 0 spiro atoms. The van der Waals surface area contributed by atoms with Gasteiger partial charge in [-0.15, -0.1) is 15.3 Å². The van der Waals surface area contributed by atoms with E-state index in [-0.39, 0.29) is 72.4 Å². The number of rotatable bonds is 19. The van der Waals surface area contributed by atoms with Gasteiger partial charge >= 0.3 is 0 Å². The number of hydrogen-bond acceptors (Lipinski definition) is 26. The molecule has 700 valence electrons. The van der Waals surface area contributed by atoms with Crippen LogP contribution in [0.4, 0.5) is 13.2 Å². The standard InChI is InChI=1S/C25H26N8O4.2C23H21FN8O2.C23H20FN7O2/c1-16-28-15-33(29-16)24-21-20(19(36-2)14-27-24)18(13-26-21)22(34)25(35)32-11-9-31(10-12-32)23(30-37-3)17-7-5-4-6-8-17;2*1-25-21(15-5-3-2-4-6-15)30-9-11-31(12-10-30)23(34)20(33)16-13-26-19-18(16)17(24)14-27-22(19)32-8-7-28-29-32;1-15(16-5-3-2-4-6-16)29-9-11-30(12-10-29)23(33)21(32)17-13-25-20-19(17)18(24)14-26-22(20)31-8-7-27-28-31/h4-8,13-15,26H,9-12H2,1-3H3;2*2-8,13-14,26H,9-12H2,1H3;2-8,13-14,25H,1,9-12H2. The van der Waals surface area contributed by atoms with Gasteiger partial charge in [0.1, 0.15) is 36.7 Å². The number of nitrogens with one attached hydrogen (secondary N) is 4. The van der Waals surface area contributed by atoms with Gasteiger partial charge in [-0.25, -0.2) is 56.8 Å². The van der Waals surface area contributed by atoms with E-state index in [4.69, 9.17) is 9.57 Å². The summed E-state index contributed by atoms with van der Waals surface area (Å²) in [4.78, 5) is 165. The zero-order valence-corrected chi connectivity index (χ0v) is 75.0. The van der Waals surface area contributed by atoms with Crippen molar-refractivity contribution in [2.75, 3.05) is 133 Å². The number of amidine groups is 3. The van der Waals surface area contributed by atoms with Gasteiger partial charge in [0, 0.05) is 166 Å². The number of amides is 4. The van der Waals surface area contributed by atoms with Crippen molar-refractivity contribution in [3.63, 3.8) is 0 Å². The van der Waals surface area contributed by atoms with E-state index >= 15 is 0 Å². The minimum absolute atomic E-state index is 0.00182. The summed E-state index contributed by atoms with van der Waals surface area (Å²) >= 11 is 0. The first kappa shape index (κ1) is 92.0. The Kier molecular flexibility index (Phi) is 27.4. The van der Waals surface area contributed by atoms with Crippen molar-refractivity contribution in [1.29, 1.82) is 0 Å². The third kappa shape index (κ3) is 18.9. The van der Waals surface area contributed by atoms with Crippen LogP contribution in [0.5, 0.6) is 5.75 Å². The third-order valence-corrected chi connectivity index (χ3v) is 23.7. The number of aliphatic imine (C=N–C) groups is 2. The van der Waals surface area contributed by atoms with Gasteiger partial charge in [-0.05, 0) is 12.5 Å². The Labute approximate surface area is 782 Å². The zero-order valence-electron chi connectivity index (χ0n) is 75.0. The van der Waals surface area contributed by atoms with Crippen LogP contribution in [0.3, 0.4) is 0 Å². The molecule has 16 aromatic rings. The normalized spacial score (nSPS) is 14.3. The smallest absolute Gasteiger partial charge is 0.295 e. The number of aryl methyl sites for hydroxylation is 1. The lowest BCUT2D eigenvalue weighted by molar-refractivity contribution is -0.128. The first-order valence-corrected chi connectivity index (χ1v) is 43.5. The predicted octanol–water partition coefficient (Wildman–Crippen LogP) is 7.45. The summed E-state index contributed by atoms with van der Waals surface area (Å²) in [5.74, 6) is -3.04. The highest BCUT2D eigenvalue weighted by atomic mass is 19.1. The molecule has 4 aliphatic heterocycles. The summed E-state index contributed by atoms with van der Waals surface area (Å²) < 4.78 is 55.1. The second-order valence-electron chi connectivity index (χ2n) is 31.6. The number of halogens is 3. The molecule has 16 heterocycles. The Morgan fingerprint density at radius 3 is 0.957 bits per heavy atom. The number of piperazine rings is 4. The van der Waals surface area contributed by atoms with Crippen LogP contribution in [0.25, 0.3) is 72.6 Å². The summed E-state index contributed by atoms with van der Waals surface area (Å²) in [6.07, 6.45) is 20.6. The molecule has 0 atom stereocenters. The number of ether oxygens (including phenoxy) is 1. The number of Topliss-reactive ketones (excluding diaryl/α,β-unsaturated/α-hetero) is 4. The summed E-state index contributed by atoms with van der Waals surface area (Å²) in [5, 5.41) is 31.7. The number of carbonyl (C=O) groups excluding carboxylic acids is 8. The molecule has 4 aromatic carbocycles. The monoisotopic (exact) mass is 1870 g/mol. The molecule has 44 heteroatoms. The molecule has 4 saturated heterocycles. The second kappa shape index (κ2) is 41.1. The van der Waals surface area contributed by atoms with Gasteiger partial charge in [0.25, 0.3) is 46.8 Å². The number of oxime groups is 1. The topological polar surface area (TPSA) is 456 Å². The number of carbonyl (C=O) groups is 8. The molecule has 20 rings (SSSR count). The van der Waals surface area contributed by atoms with Gasteiger partial charge in [0.2, 0.25) is 0 Å². The van der Waals surface area contributed by atoms with Crippen LogP contribution in [0.15, 0.2) is 236 Å². The van der Waals surface area contributed by atoms with E-state index in [1.165, 1.54) is 104 Å². The summed E-state index contributed by atoms with van der Waals surface area (Å²) in [7, 11) is 6.46. The first-order chi connectivity index (χ1) is 67.2. The number of H-pyrrole nitrogens is 4. The number of pyridine rings is 4. The van der Waals surface area contributed by atoms with Crippen molar-refractivity contribution < 1.29 is 61.1 Å². The fourth-order valence-electron chi connectivity index (χ4n) is 16.8. The Morgan fingerprint density at radius 2 is 0.652 bits per heavy atom. The largest absolute Gasteiger partial charge is 0.494 e. The molecular weight excluding hydrogens is 1780 g/mol. The number of methoxy groups -OCH3 is 1. The van der Waals surface area contributed by atoms with E-state index in [0.29, 0.717) is 139 Å². The minimum atomic E-state index is -0.776. The summed E-state index contributed by atoms with van der Waals surface area (Å²) in [6.45, 7) is 13.1. The average molecular weight is 1870 g/mol. The molecule has 41 nitrogen and oxygen atoms in total. The third-order valence-electron chi connectivity index (χ3n) is 23.7. The van der Waals surface area contributed by atoms with Crippen LogP contribution in [0, 0.1) is 24.4 Å². The van der Waals surface area contributed by atoms with E-state index < -0.39 is 64.2 Å². The number of aromatic nitrogens is 20. The van der Waals surface area contributed by atoms with E-state index in [1.807, 2.05) is 126 Å². The molecule has 0 radical (unpaired) electrons. The number of aromatic amines is 4. The van der Waals surface area contributed by atoms with Crippen LogP contribution < -0.4 is 4.74 Å². The molecule has 4 fully saturated rings. The first-order valence-electron chi connectivity index (χ1n) is 43.5. The lowest BCUT2D eigenvalue weighted by atomic mass is 10.1. The highest BCUT2D eigenvalue weighted by Crippen LogP contribution is 2.35. The quantitative estimate of drug-likeness (QED) is 0.0201. The Morgan fingerprint density at radius 1 is 0.362 bits per heavy atom. The van der Waals surface area contributed by atoms with Crippen molar-refractivity contribution in [3.05, 3.63) is 289 Å². The maximum atomic E-state index is 14.7. The van der Waals surface area contributed by atoms with E-state index in [2.05, 4.69) is 117 Å². The van der Waals surface area contributed by atoms with Crippen molar-refractivity contribution in [2.24, 2.45) is 15.1 Å². The number of fused-ring (bicyclic) bond motifs is 4. The molecule has 0 saturated carbocycles. The van der Waals surface area contributed by atoms with E-state index in [9.17, 15) is 51.5 Å². The van der Waals surface area contributed by atoms with Crippen LogP contribution in [0.1, 0.15) is 69.5 Å². The number of nitrogens with zero attached hydrogens (tertiary/aromatic N) is 27. The SMILES string of the molecule is C=C(c1ccccc1)N1CCN(C(=O)C(=O)c2c[nH]c3c(-n4ccnn4)ncc(F)c23)CC1.CN=C(c1ccccc1)N1CCN(C(=O)C(=O)c2c[nH]c3c(-n4ccnn4)ncc(F)c23)CC1.CN=C(c1ccccc1)N1CCN(C(=O)C(=O)c2c[nH]c3c(-n4ccnn4)ncc(F)c23)CC1.CON=C(c1ccccc1)N1CCN(C(=O)C(=O)c2c[nH]c3c(-n4cnc(C)n4)ncc(OC)c23)CC1. The zero-order chi connectivity index (χ0) is 96.2. The van der Waals surface area contributed by atoms with Gasteiger partial charge in [0.05, 0.1) is 135 Å². The summed E-state index contributed by atoms with van der Waals surface area (Å²) in [6, 6.07) is 39.1.